The Labute approximate surface area is 181 Å². The maximum absolute atomic E-state index is 9.91. The van der Waals surface area contributed by atoms with Gasteiger partial charge in [-0.1, -0.05) is 13.3 Å². The van der Waals surface area contributed by atoms with Gasteiger partial charge >= 0.3 is 0 Å². The molecule has 0 aromatic carbocycles. The number of aliphatic hydroxyl groups is 1. The standard InChI is InChI=1S/C26H26N4O/c1-2-3-17(16-31)12-24-25-10-8-22(29-25)14-20-6-4-18(27-20)13-19-5-7-21(28-19)15-23-9-11-26(24)30-23/h4-11,13-15,17,27,29,31H,2-3,12,16H2,1H3. The maximum atomic E-state index is 9.91. The van der Waals surface area contributed by atoms with Crippen molar-refractivity contribution in [3.63, 3.8) is 0 Å². The molecule has 1 atom stereocenters. The van der Waals surface area contributed by atoms with Gasteiger partial charge in [0.25, 0.3) is 0 Å². The average molecular weight is 411 g/mol. The highest BCUT2D eigenvalue weighted by Crippen LogP contribution is 2.24. The van der Waals surface area contributed by atoms with Gasteiger partial charge in [-0.3, -0.25) is 0 Å². The number of nitrogens with zero attached hydrogens (tertiary/aromatic N) is 2. The van der Waals surface area contributed by atoms with Crippen LogP contribution in [0.1, 0.15) is 48.1 Å². The highest BCUT2D eigenvalue weighted by molar-refractivity contribution is 5.79. The number of nitrogens with one attached hydrogen (secondary N) is 2. The lowest BCUT2D eigenvalue weighted by molar-refractivity contribution is 0.217. The number of aromatic nitrogens is 4. The molecule has 2 aliphatic heterocycles. The summed E-state index contributed by atoms with van der Waals surface area (Å²) >= 11 is 0. The smallest absolute Gasteiger partial charge is 0.0690 e. The third-order valence-corrected chi connectivity index (χ3v) is 5.78. The number of hydrogen-bond acceptors (Lipinski definition) is 3. The molecule has 5 heteroatoms. The molecule has 0 saturated heterocycles. The molecule has 8 bridgehead atoms. The van der Waals surface area contributed by atoms with Crippen molar-refractivity contribution in [3.05, 3.63) is 70.8 Å². The predicted molar refractivity (Wildman–Crippen MR) is 128 cm³/mol. The third kappa shape index (κ3) is 4.23. The van der Waals surface area contributed by atoms with E-state index in [2.05, 4.69) is 53.3 Å². The fourth-order valence-corrected chi connectivity index (χ4v) is 4.24. The Balaban J connectivity index is 1.77. The Morgan fingerprint density at radius 1 is 0.806 bits per heavy atom. The molecule has 1 unspecified atom stereocenters. The van der Waals surface area contributed by atoms with Gasteiger partial charge in [-0.2, -0.15) is 0 Å². The van der Waals surface area contributed by atoms with Crippen LogP contribution in [0.25, 0.3) is 46.4 Å². The Kier molecular flexibility index (Phi) is 5.26. The van der Waals surface area contributed by atoms with Crippen LogP contribution in [0.2, 0.25) is 0 Å². The maximum Gasteiger partial charge on any atom is 0.0690 e. The van der Waals surface area contributed by atoms with Gasteiger partial charge in [0.1, 0.15) is 0 Å². The molecule has 0 aliphatic carbocycles. The van der Waals surface area contributed by atoms with Crippen LogP contribution < -0.4 is 0 Å². The first kappa shape index (κ1) is 19.5. The molecule has 31 heavy (non-hydrogen) atoms. The molecule has 3 N–H and O–H groups in total. The van der Waals surface area contributed by atoms with Crippen LogP contribution in [-0.2, 0) is 6.42 Å². The number of aliphatic hydroxyl groups excluding tert-OH is 1. The monoisotopic (exact) mass is 410 g/mol. The van der Waals surface area contributed by atoms with Gasteiger partial charge in [-0.25, -0.2) is 9.97 Å². The summed E-state index contributed by atoms with van der Waals surface area (Å²) in [6.45, 7) is 2.34. The van der Waals surface area contributed by atoms with E-state index in [1.807, 2.05) is 30.4 Å². The average Bonchev–Trinajstić information content (AvgIpc) is 3.55. The van der Waals surface area contributed by atoms with E-state index < -0.39 is 0 Å². The minimum absolute atomic E-state index is 0.179. The first-order chi connectivity index (χ1) is 15.2. The molecule has 156 valence electrons. The lowest BCUT2D eigenvalue weighted by Crippen LogP contribution is -2.10. The van der Waals surface area contributed by atoms with Crippen molar-refractivity contribution in [1.29, 1.82) is 0 Å². The van der Waals surface area contributed by atoms with Crippen LogP contribution in [0.5, 0.6) is 0 Å². The van der Waals surface area contributed by atoms with Crippen LogP contribution >= 0.6 is 0 Å². The summed E-state index contributed by atoms with van der Waals surface area (Å²) in [6.07, 6.45) is 10.9. The molecule has 5 nitrogen and oxygen atoms in total. The number of rotatable bonds is 5. The van der Waals surface area contributed by atoms with Crippen LogP contribution in [0.15, 0.2) is 42.5 Å². The minimum Gasteiger partial charge on any atom is -0.396 e. The zero-order chi connectivity index (χ0) is 21.2. The number of aromatic amines is 2. The topological polar surface area (TPSA) is 77.6 Å². The van der Waals surface area contributed by atoms with Gasteiger partial charge in [0.05, 0.1) is 22.8 Å². The fourth-order valence-electron chi connectivity index (χ4n) is 4.24. The second kappa shape index (κ2) is 8.36. The van der Waals surface area contributed by atoms with Crippen LogP contribution in [0.3, 0.4) is 0 Å². The van der Waals surface area contributed by atoms with E-state index in [-0.39, 0.29) is 12.5 Å². The van der Waals surface area contributed by atoms with Crippen LogP contribution in [-0.4, -0.2) is 31.6 Å². The molecule has 3 aromatic rings. The minimum atomic E-state index is 0.179. The van der Waals surface area contributed by atoms with Gasteiger partial charge in [-0.05, 0) is 85.5 Å². The fraction of sp³-hybridized carbons (Fsp3) is 0.231. The molecule has 5 rings (SSSR count). The Morgan fingerprint density at radius 3 is 2.29 bits per heavy atom. The summed E-state index contributed by atoms with van der Waals surface area (Å²) in [5.41, 5.74) is 8.89. The molecule has 0 spiro atoms. The summed E-state index contributed by atoms with van der Waals surface area (Å²) in [5, 5.41) is 9.91. The van der Waals surface area contributed by atoms with E-state index in [0.29, 0.717) is 0 Å². The summed E-state index contributed by atoms with van der Waals surface area (Å²) in [5.74, 6) is 0.214. The Bertz CT molecular complexity index is 1330. The van der Waals surface area contributed by atoms with E-state index in [0.717, 1.165) is 69.7 Å². The second-order valence-electron chi connectivity index (χ2n) is 8.20. The zero-order valence-electron chi connectivity index (χ0n) is 17.6. The molecule has 0 radical (unpaired) electrons. The molecule has 3 aromatic heterocycles. The summed E-state index contributed by atoms with van der Waals surface area (Å²) in [7, 11) is 0. The number of hydrogen-bond donors (Lipinski definition) is 3. The lowest BCUT2D eigenvalue weighted by Gasteiger charge is -2.13. The van der Waals surface area contributed by atoms with Crippen molar-refractivity contribution in [2.45, 2.75) is 26.2 Å². The summed E-state index contributed by atoms with van der Waals surface area (Å²) < 4.78 is 0. The first-order valence-electron chi connectivity index (χ1n) is 10.9. The molecular weight excluding hydrogens is 384 g/mol. The van der Waals surface area contributed by atoms with Gasteiger partial charge in [0, 0.05) is 34.2 Å². The Morgan fingerprint density at radius 2 is 1.48 bits per heavy atom. The number of H-pyrrole nitrogens is 2. The van der Waals surface area contributed by atoms with E-state index in [1.165, 1.54) is 0 Å². The van der Waals surface area contributed by atoms with E-state index in [1.54, 1.807) is 0 Å². The molecule has 5 heterocycles. The third-order valence-electron chi connectivity index (χ3n) is 5.78. The summed E-state index contributed by atoms with van der Waals surface area (Å²) in [4.78, 5) is 16.6. The molecule has 0 fully saturated rings. The zero-order valence-corrected chi connectivity index (χ0v) is 17.6. The molecular formula is C26H26N4O. The normalized spacial score (nSPS) is 13.6. The highest BCUT2D eigenvalue weighted by Gasteiger charge is 2.14. The van der Waals surface area contributed by atoms with E-state index in [4.69, 9.17) is 9.97 Å². The van der Waals surface area contributed by atoms with Gasteiger partial charge in [0.2, 0.25) is 0 Å². The van der Waals surface area contributed by atoms with Crippen molar-refractivity contribution in [2.24, 2.45) is 5.92 Å². The van der Waals surface area contributed by atoms with Crippen molar-refractivity contribution in [3.8, 4) is 0 Å². The van der Waals surface area contributed by atoms with Gasteiger partial charge in [-0.15, -0.1) is 0 Å². The van der Waals surface area contributed by atoms with E-state index in [9.17, 15) is 5.11 Å². The van der Waals surface area contributed by atoms with Gasteiger partial charge < -0.3 is 15.1 Å². The summed E-state index contributed by atoms with van der Waals surface area (Å²) in [6, 6.07) is 14.5. The van der Waals surface area contributed by atoms with Gasteiger partial charge in [0.15, 0.2) is 0 Å². The lowest BCUT2D eigenvalue weighted by atomic mass is 9.95. The van der Waals surface area contributed by atoms with E-state index >= 15 is 0 Å². The molecule has 0 saturated carbocycles. The number of fused-ring (bicyclic) bond motifs is 8. The van der Waals surface area contributed by atoms with Crippen LogP contribution in [0.4, 0.5) is 0 Å². The van der Waals surface area contributed by atoms with Crippen molar-refractivity contribution < 1.29 is 5.11 Å². The predicted octanol–water partition coefficient (Wildman–Crippen LogP) is 5.61. The SMILES string of the molecule is CCCC(CO)Cc1c2nc(cc3nc(cc4ccc(cc5ccc1[nH]5)[nH]4)C=C3)C=C2. The van der Waals surface area contributed by atoms with Crippen molar-refractivity contribution in [2.75, 3.05) is 6.61 Å². The van der Waals surface area contributed by atoms with Crippen molar-refractivity contribution >= 4 is 46.4 Å². The molecule has 2 aliphatic rings. The highest BCUT2D eigenvalue weighted by atomic mass is 16.3. The Hall–Kier alpha value is -3.44. The largest absolute Gasteiger partial charge is 0.396 e. The first-order valence-corrected chi connectivity index (χ1v) is 10.9. The molecule has 0 amide bonds. The quantitative estimate of drug-likeness (QED) is 0.353. The van der Waals surface area contributed by atoms with Crippen molar-refractivity contribution in [1.82, 2.24) is 19.9 Å². The van der Waals surface area contributed by atoms with Crippen LogP contribution in [0, 0.1) is 5.92 Å². The second-order valence-corrected chi connectivity index (χ2v) is 8.20.